The van der Waals surface area contributed by atoms with Gasteiger partial charge in [0.25, 0.3) is 0 Å². The van der Waals surface area contributed by atoms with E-state index in [1.165, 1.54) is 12.1 Å². The van der Waals surface area contributed by atoms with Crippen LogP contribution in [0.3, 0.4) is 0 Å². The standard InChI is InChI=1S/C22H30N2O8S2/c1-17-3-5-19-21(15-17)33(25,26)23-7-9-29-10-8-24-34(27,28)22-16-18(2)4-6-20(22)32-14-12-30-11-13-31-19/h3-6,15-16,23-24H,7-14H2,1-2H3. The molecule has 0 fully saturated rings. The minimum Gasteiger partial charge on any atom is -0.490 e. The fourth-order valence-corrected chi connectivity index (χ4v) is 5.65. The molecule has 0 radical (unpaired) electrons. The normalized spacial score (nSPS) is 20.1. The molecule has 1 aliphatic heterocycles. The van der Waals surface area contributed by atoms with Gasteiger partial charge in [-0.25, -0.2) is 26.3 Å². The quantitative estimate of drug-likeness (QED) is 0.539. The fraction of sp³-hybridized carbons (Fsp3) is 0.455. The molecule has 0 aromatic heterocycles. The second-order valence-corrected chi connectivity index (χ2v) is 11.1. The number of fused-ring (bicyclic) bond motifs is 2. The molecule has 1 heterocycles. The van der Waals surface area contributed by atoms with Crippen LogP contribution in [-0.4, -0.2) is 69.6 Å². The second-order valence-electron chi connectivity index (χ2n) is 7.62. The lowest BCUT2D eigenvalue weighted by atomic mass is 10.2. The molecule has 0 aliphatic carbocycles. The lowest BCUT2D eigenvalue weighted by Crippen LogP contribution is -2.31. The molecule has 0 spiro atoms. The first-order valence-electron chi connectivity index (χ1n) is 10.8. The Bertz CT molecular complexity index is 1090. The van der Waals surface area contributed by atoms with E-state index in [-0.39, 0.29) is 74.0 Å². The molecule has 0 atom stereocenters. The van der Waals surface area contributed by atoms with Crippen molar-refractivity contribution in [1.82, 2.24) is 9.44 Å². The SMILES string of the molecule is Cc1ccc2c(c1)S(=O)(=O)NCCOCCNS(=O)(=O)c1cc(C)ccc1OCCOCCO2. The van der Waals surface area contributed by atoms with Crippen molar-refractivity contribution < 1.29 is 35.8 Å². The maximum atomic E-state index is 12.8. The van der Waals surface area contributed by atoms with Crippen molar-refractivity contribution in [1.29, 1.82) is 0 Å². The van der Waals surface area contributed by atoms with Gasteiger partial charge in [0, 0.05) is 13.1 Å². The van der Waals surface area contributed by atoms with Crippen LogP contribution in [0.5, 0.6) is 11.5 Å². The Labute approximate surface area is 200 Å². The lowest BCUT2D eigenvalue weighted by Gasteiger charge is -2.15. The number of ether oxygens (including phenoxy) is 4. The van der Waals surface area contributed by atoms with Gasteiger partial charge in [0.05, 0.1) is 26.4 Å². The number of benzene rings is 2. The number of aryl methyl sites for hydroxylation is 2. The molecule has 0 bridgehead atoms. The summed E-state index contributed by atoms with van der Waals surface area (Å²) >= 11 is 0. The molecule has 0 saturated carbocycles. The minimum atomic E-state index is -3.84. The van der Waals surface area contributed by atoms with Crippen LogP contribution in [0.2, 0.25) is 0 Å². The molecule has 2 aromatic rings. The summed E-state index contributed by atoms with van der Waals surface area (Å²) in [6.07, 6.45) is 0. The van der Waals surface area contributed by atoms with Crippen molar-refractivity contribution in [2.75, 3.05) is 52.7 Å². The fourth-order valence-electron chi connectivity index (χ4n) is 3.17. The van der Waals surface area contributed by atoms with Crippen molar-refractivity contribution >= 4 is 20.0 Å². The van der Waals surface area contributed by atoms with Crippen LogP contribution >= 0.6 is 0 Å². The molecular formula is C22H30N2O8S2. The first kappa shape index (κ1) is 26.4. The molecule has 2 aromatic carbocycles. The third-order valence-corrected chi connectivity index (χ3v) is 7.79. The van der Waals surface area contributed by atoms with E-state index in [9.17, 15) is 16.8 Å². The van der Waals surface area contributed by atoms with Gasteiger partial charge in [0.1, 0.15) is 34.5 Å². The van der Waals surface area contributed by atoms with Crippen molar-refractivity contribution in [3.05, 3.63) is 47.5 Å². The van der Waals surface area contributed by atoms with Gasteiger partial charge in [-0.15, -0.1) is 0 Å². The molecule has 0 unspecified atom stereocenters. The zero-order valence-electron chi connectivity index (χ0n) is 19.2. The van der Waals surface area contributed by atoms with E-state index in [0.717, 1.165) is 11.1 Å². The Balaban J connectivity index is 1.73. The summed E-state index contributed by atoms with van der Waals surface area (Å²) in [4.78, 5) is 0.0646. The van der Waals surface area contributed by atoms with Crippen LogP contribution in [0, 0.1) is 13.8 Å². The van der Waals surface area contributed by atoms with E-state index in [2.05, 4.69) is 9.44 Å². The van der Waals surface area contributed by atoms with E-state index >= 15 is 0 Å². The zero-order chi connectivity index (χ0) is 24.6. The van der Waals surface area contributed by atoms with Crippen LogP contribution in [0.4, 0.5) is 0 Å². The van der Waals surface area contributed by atoms with E-state index < -0.39 is 20.0 Å². The van der Waals surface area contributed by atoms with Gasteiger partial charge in [-0.2, -0.15) is 0 Å². The van der Waals surface area contributed by atoms with Gasteiger partial charge in [-0.05, 0) is 49.2 Å². The Morgan fingerprint density at radius 1 is 0.618 bits per heavy atom. The highest BCUT2D eigenvalue weighted by Crippen LogP contribution is 2.26. The monoisotopic (exact) mass is 514 g/mol. The van der Waals surface area contributed by atoms with E-state index in [1.807, 2.05) is 0 Å². The molecule has 2 N–H and O–H groups in total. The topological polar surface area (TPSA) is 129 Å². The van der Waals surface area contributed by atoms with E-state index in [1.54, 1.807) is 38.1 Å². The lowest BCUT2D eigenvalue weighted by molar-refractivity contribution is 0.0750. The average molecular weight is 515 g/mol. The highest BCUT2D eigenvalue weighted by atomic mass is 32.2. The van der Waals surface area contributed by atoms with Gasteiger partial charge in [-0.1, -0.05) is 12.1 Å². The number of sulfonamides is 2. The first-order valence-corrected chi connectivity index (χ1v) is 13.8. The van der Waals surface area contributed by atoms with E-state index in [0.29, 0.717) is 0 Å². The molecule has 188 valence electrons. The van der Waals surface area contributed by atoms with Crippen molar-refractivity contribution in [3.8, 4) is 11.5 Å². The summed E-state index contributed by atoms with van der Waals surface area (Å²) in [7, 11) is -7.67. The summed E-state index contributed by atoms with van der Waals surface area (Å²) in [6.45, 7) is 4.38. The number of rotatable bonds is 0. The highest BCUT2D eigenvalue weighted by molar-refractivity contribution is 7.89. The van der Waals surface area contributed by atoms with Gasteiger partial charge in [-0.3, -0.25) is 0 Å². The number of nitrogens with one attached hydrogen (secondary N) is 2. The van der Waals surface area contributed by atoms with Crippen molar-refractivity contribution in [2.24, 2.45) is 0 Å². The van der Waals surface area contributed by atoms with Gasteiger partial charge in [0.2, 0.25) is 20.0 Å². The summed E-state index contributed by atoms with van der Waals surface area (Å²) in [5, 5.41) is 0. The van der Waals surface area contributed by atoms with Crippen LogP contribution in [0.25, 0.3) is 0 Å². The summed E-state index contributed by atoms with van der Waals surface area (Å²) < 4.78 is 78.2. The molecular weight excluding hydrogens is 484 g/mol. The zero-order valence-corrected chi connectivity index (χ0v) is 20.8. The number of hydrogen-bond acceptors (Lipinski definition) is 8. The van der Waals surface area contributed by atoms with Crippen LogP contribution < -0.4 is 18.9 Å². The van der Waals surface area contributed by atoms with Gasteiger partial charge >= 0.3 is 0 Å². The summed E-state index contributed by atoms with van der Waals surface area (Å²) in [5.41, 5.74) is 1.55. The Morgan fingerprint density at radius 3 is 1.47 bits per heavy atom. The summed E-state index contributed by atoms with van der Waals surface area (Å²) in [6, 6.07) is 9.83. The third-order valence-electron chi connectivity index (χ3n) is 4.82. The molecule has 10 nitrogen and oxygen atoms in total. The average Bonchev–Trinajstić information content (AvgIpc) is 2.78. The minimum absolute atomic E-state index is 0.0153. The molecule has 0 amide bonds. The highest BCUT2D eigenvalue weighted by Gasteiger charge is 2.21. The Hall–Kier alpha value is -2.22. The van der Waals surface area contributed by atoms with Crippen molar-refractivity contribution in [3.63, 3.8) is 0 Å². The van der Waals surface area contributed by atoms with Crippen LogP contribution in [0.15, 0.2) is 46.2 Å². The molecule has 12 heteroatoms. The first-order chi connectivity index (χ1) is 16.2. The largest absolute Gasteiger partial charge is 0.490 e. The second kappa shape index (κ2) is 12.0. The smallest absolute Gasteiger partial charge is 0.244 e. The van der Waals surface area contributed by atoms with Gasteiger partial charge in [0.15, 0.2) is 0 Å². The van der Waals surface area contributed by atoms with Crippen LogP contribution in [0.1, 0.15) is 11.1 Å². The van der Waals surface area contributed by atoms with E-state index in [4.69, 9.17) is 18.9 Å². The van der Waals surface area contributed by atoms with Gasteiger partial charge < -0.3 is 18.9 Å². The maximum absolute atomic E-state index is 12.8. The molecule has 3 rings (SSSR count). The van der Waals surface area contributed by atoms with Crippen LogP contribution in [-0.2, 0) is 29.5 Å². The molecule has 0 saturated heterocycles. The Morgan fingerprint density at radius 2 is 1.03 bits per heavy atom. The third kappa shape index (κ3) is 7.39. The van der Waals surface area contributed by atoms with Crippen molar-refractivity contribution in [2.45, 2.75) is 23.6 Å². The predicted octanol–water partition coefficient (Wildman–Crippen LogP) is 1.36. The molecule has 34 heavy (non-hydrogen) atoms. The maximum Gasteiger partial charge on any atom is 0.244 e. The predicted molar refractivity (Wildman–Crippen MR) is 125 cm³/mol. The Kier molecular flexibility index (Phi) is 9.28. The summed E-state index contributed by atoms with van der Waals surface area (Å²) in [5.74, 6) is 0.457. The molecule has 1 aliphatic rings. The number of hydrogen-bond donors (Lipinski definition) is 2.